The third-order valence-electron chi connectivity index (χ3n) is 4.44. The van der Waals surface area contributed by atoms with Gasteiger partial charge in [0.2, 0.25) is 0 Å². The van der Waals surface area contributed by atoms with Crippen molar-refractivity contribution in [2.75, 3.05) is 7.05 Å². The summed E-state index contributed by atoms with van der Waals surface area (Å²) < 4.78 is 0. The van der Waals surface area contributed by atoms with Crippen molar-refractivity contribution in [3.05, 3.63) is 30.3 Å². The molecule has 2 unspecified atom stereocenters. The predicted octanol–water partition coefficient (Wildman–Crippen LogP) is 3.66. The average Bonchev–Trinajstić information content (AvgIpc) is 2.40. The van der Waals surface area contributed by atoms with Gasteiger partial charge in [0.15, 0.2) is 8.24 Å². The molecular weight excluding hydrogens is 222 g/mol. The average molecular weight is 249 g/mol. The van der Waals surface area contributed by atoms with Gasteiger partial charge < -0.3 is 4.98 Å². The molecule has 0 spiro atoms. The molecule has 0 aliphatic rings. The zero-order valence-electron chi connectivity index (χ0n) is 12.0. The first-order valence-corrected chi connectivity index (χ1v) is 9.03. The van der Waals surface area contributed by atoms with Crippen molar-refractivity contribution in [2.45, 2.75) is 51.6 Å². The Morgan fingerprint density at radius 2 is 1.47 bits per heavy atom. The van der Waals surface area contributed by atoms with E-state index in [2.05, 4.69) is 70.1 Å². The summed E-state index contributed by atoms with van der Waals surface area (Å²) in [5, 5.41) is 1.56. The standard InChI is InChI=1S/C15H27NSi/c1-6-13(3)17(16-5,14(4)7-2)15-11-9-8-10-12-15/h8-14,16H,6-7H2,1-5H3. The van der Waals surface area contributed by atoms with Gasteiger partial charge in [-0.05, 0) is 23.3 Å². The van der Waals surface area contributed by atoms with E-state index >= 15 is 0 Å². The largest absolute Gasteiger partial charge is 0.336 e. The van der Waals surface area contributed by atoms with Gasteiger partial charge in [-0.25, -0.2) is 0 Å². The fraction of sp³-hybridized carbons (Fsp3) is 0.600. The highest BCUT2D eigenvalue weighted by molar-refractivity contribution is 6.92. The summed E-state index contributed by atoms with van der Waals surface area (Å²) in [5.41, 5.74) is 1.54. The Hall–Kier alpha value is -0.603. The number of hydrogen-bond acceptors (Lipinski definition) is 1. The maximum Gasteiger partial charge on any atom is 0.163 e. The fourth-order valence-electron chi connectivity index (χ4n) is 3.05. The molecule has 96 valence electrons. The van der Waals surface area contributed by atoms with Crippen LogP contribution in [-0.4, -0.2) is 15.3 Å². The van der Waals surface area contributed by atoms with Gasteiger partial charge in [0.25, 0.3) is 0 Å². The molecule has 1 N–H and O–H groups in total. The minimum Gasteiger partial charge on any atom is -0.336 e. The van der Waals surface area contributed by atoms with Crippen molar-refractivity contribution >= 4 is 13.4 Å². The summed E-state index contributed by atoms with van der Waals surface area (Å²) in [4.78, 5) is 3.77. The normalized spacial score (nSPS) is 18.4. The molecular formula is C15H27NSi. The summed E-state index contributed by atoms with van der Waals surface area (Å²) in [6.07, 6.45) is 2.51. The minimum atomic E-state index is -1.60. The molecule has 1 nitrogen and oxygen atoms in total. The summed E-state index contributed by atoms with van der Waals surface area (Å²) in [6.45, 7) is 9.47. The van der Waals surface area contributed by atoms with Crippen LogP contribution in [0.2, 0.25) is 11.1 Å². The SMILES string of the molecule is CCC(C)[Si](NC)(c1ccccc1)C(C)CC. The first-order valence-electron chi connectivity index (χ1n) is 6.87. The summed E-state index contributed by atoms with van der Waals surface area (Å²) in [6, 6.07) is 11.1. The Morgan fingerprint density at radius 1 is 1.00 bits per heavy atom. The maximum atomic E-state index is 3.77. The van der Waals surface area contributed by atoms with Crippen LogP contribution in [0.1, 0.15) is 40.5 Å². The van der Waals surface area contributed by atoms with Crippen LogP contribution < -0.4 is 10.2 Å². The fourth-order valence-corrected chi connectivity index (χ4v) is 8.47. The van der Waals surface area contributed by atoms with Crippen LogP contribution >= 0.6 is 0 Å². The van der Waals surface area contributed by atoms with E-state index in [4.69, 9.17) is 0 Å². The molecule has 0 heterocycles. The van der Waals surface area contributed by atoms with Crippen molar-refractivity contribution in [1.82, 2.24) is 4.98 Å². The maximum absolute atomic E-state index is 3.77. The second kappa shape index (κ2) is 6.36. The second-order valence-corrected chi connectivity index (χ2v) is 9.89. The quantitative estimate of drug-likeness (QED) is 0.759. The lowest BCUT2D eigenvalue weighted by molar-refractivity contribution is 0.737. The van der Waals surface area contributed by atoms with Crippen LogP contribution in [0.4, 0.5) is 0 Å². The van der Waals surface area contributed by atoms with Gasteiger partial charge >= 0.3 is 0 Å². The molecule has 0 saturated heterocycles. The Kier molecular flexibility index (Phi) is 5.41. The van der Waals surface area contributed by atoms with E-state index in [9.17, 15) is 0 Å². The van der Waals surface area contributed by atoms with Crippen molar-refractivity contribution in [3.63, 3.8) is 0 Å². The predicted molar refractivity (Wildman–Crippen MR) is 80.3 cm³/mol. The van der Waals surface area contributed by atoms with E-state index in [0.717, 1.165) is 11.1 Å². The summed E-state index contributed by atoms with van der Waals surface area (Å²) in [5.74, 6) is 0. The van der Waals surface area contributed by atoms with Crippen LogP contribution in [-0.2, 0) is 0 Å². The van der Waals surface area contributed by atoms with Gasteiger partial charge in [-0.15, -0.1) is 0 Å². The van der Waals surface area contributed by atoms with Crippen molar-refractivity contribution in [2.24, 2.45) is 0 Å². The third-order valence-corrected chi connectivity index (χ3v) is 10.5. The van der Waals surface area contributed by atoms with E-state index in [1.807, 2.05) is 0 Å². The van der Waals surface area contributed by atoms with E-state index in [1.165, 1.54) is 12.8 Å². The number of rotatable bonds is 6. The number of nitrogens with one attached hydrogen (secondary N) is 1. The summed E-state index contributed by atoms with van der Waals surface area (Å²) >= 11 is 0. The van der Waals surface area contributed by atoms with Gasteiger partial charge in [-0.3, -0.25) is 0 Å². The number of benzene rings is 1. The molecule has 1 rings (SSSR count). The summed E-state index contributed by atoms with van der Waals surface area (Å²) in [7, 11) is 0.562. The van der Waals surface area contributed by atoms with Gasteiger partial charge in [0.1, 0.15) is 0 Å². The van der Waals surface area contributed by atoms with Crippen molar-refractivity contribution in [3.8, 4) is 0 Å². The highest BCUT2D eigenvalue weighted by atomic mass is 28.3. The Morgan fingerprint density at radius 3 is 1.82 bits per heavy atom. The highest BCUT2D eigenvalue weighted by Gasteiger charge is 2.42. The molecule has 0 aliphatic heterocycles. The third kappa shape index (κ3) is 2.63. The van der Waals surface area contributed by atoms with Crippen LogP contribution in [0.15, 0.2) is 30.3 Å². The molecule has 0 radical (unpaired) electrons. The van der Waals surface area contributed by atoms with E-state index in [0.29, 0.717) is 0 Å². The van der Waals surface area contributed by atoms with E-state index in [1.54, 1.807) is 5.19 Å². The Balaban J connectivity index is 3.26. The Labute approximate surface area is 108 Å². The molecule has 0 aromatic heterocycles. The van der Waals surface area contributed by atoms with Crippen LogP contribution in [0.5, 0.6) is 0 Å². The Bertz CT molecular complexity index is 313. The first kappa shape index (κ1) is 14.5. The monoisotopic (exact) mass is 249 g/mol. The van der Waals surface area contributed by atoms with E-state index in [-0.39, 0.29) is 0 Å². The van der Waals surface area contributed by atoms with Crippen LogP contribution in [0.3, 0.4) is 0 Å². The molecule has 1 aromatic carbocycles. The lowest BCUT2D eigenvalue weighted by Crippen LogP contribution is -2.64. The molecule has 17 heavy (non-hydrogen) atoms. The van der Waals surface area contributed by atoms with Gasteiger partial charge in [-0.2, -0.15) is 0 Å². The lowest BCUT2D eigenvalue weighted by Gasteiger charge is -2.41. The zero-order chi connectivity index (χ0) is 12.9. The van der Waals surface area contributed by atoms with Gasteiger partial charge in [0, 0.05) is 0 Å². The van der Waals surface area contributed by atoms with Gasteiger partial charge in [0.05, 0.1) is 0 Å². The zero-order valence-corrected chi connectivity index (χ0v) is 13.0. The smallest absolute Gasteiger partial charge is 0.163 e. The van der Waals surface area contributed by atoms with Crippen LogP contribution in [0, 0.1) is 0 Å². The molecule has 0 fully saturated rings. The first-order chi connectivity index (χ1) is 8.13. The molecule has 2 heteroatoms. The molecule has 2 atom stereocenters. The highest BCUT2D eigenvalue weighted by Crippen LogP contribution is 2.34. The van der Waals surface area contributed by atoms with Gasteiger partial charge in [-0.1, -0.05) is 70.9 Å². The lowest BCUT2D eigenvalue weighted by atomic mass is 10.3. The van der Waals surface area contributed by atoms with Crippen LogP contribution in [0.25, 0.3) is 0 Å². The molecule has 0 saturated carbocycles. The van der Waals surface area contributed by atoms with Crippen molar-refractivity contribution < 1.29 is 0 Å². The molecule has 0 bridgehead atoms. The molecule has 0 amide bonds. The molecule has 0 aliphatic carbocycles. The topological polar surface area (TPSA) is 12.0 Å². The van der Waals surface area contributed by atoms with Crippen molar-refractivity contribution in [1.29, 1.82) is 0 Å². The minimum absolute atomic E-state index is 0.768. The molecule has 1 aromatic rings. The number of hydrogen-bond donors (Lipinski definition) is 1. The van der Waals surface area contributed by atoms with E-state index < -0.39 is 8.24 Å². The second-order valence-electron chi connectivity index (χ2n) is 5.10.